The van der Waals surface area contributed by atoms with Gasteiger partial charge in [-0.3, -0.25) is 0 Å². The van der Waals surface area contributed by atoms with Gasteiger partial charge in [-0.05, 0) is 85.3 Å². The lowest BCUT2D eigenvalue weighted by atomic mass is 10.3. The van der Waals surface area contributed by atoms with Crippen molar-refractivity contribution in [3.8, 4) is 0 Å². The largest absolute Gasteiger partial charge is 0.354 e. The number of thiazole rings is 2. The summed E-state index contributed by atoms with van der Waals surface area (Å²) in [5.74, 6) is 0. The smallest absolute Gasteiger partial charge is 0.185 e. The molecule has 0 aliphatic carbocycles. The van der Waals surface area contributed by atoms with E-state index in [9.17, 15) is 0 Å². The highest BCUT2D eigenvalue weighted by Gasteiger charge is 2.37. The number of halogens is 3. The lowest BCUT2D eigenvalue weighted by Gasteiger charge is -2.41. The van der Waals surface area contributed by atoms with E-state index >= 15 is 0 Å². The van der Waals surface area contributed by atoms with E-state index in [1.165, 1.54) is 17.8 Å². The molecule has 0 bridgehead atoms. The monoisotopic (exact) mass is 1000 g/mol. The van der Waals surface area contributed by atoms with Crippen molar-refractivity contribution >= 4 is 220 Å². The van der Waals surface area contributed by atoms with Crippen LogP contribution in [0.25, 0.3) is 20.4 Å². The third-order valence-electron chi connectivity index (χ3n) is 4.33. The van der Waals surface area contributed by atoms with Crippen molar-refractivity contribution in [2.75, 3.05) is 19.0 Å². The molecular formula is C19H39Cl3N3P17S2. The van der Waals surface area contributed by atoms with Crippen molar-refractivity contribution in [1.82, 2.24) is 9.97 Å². The summed E-state index contributed by atoms with van der Waals surface area (Å²) in [4.78, 5) is 10.5. The van der Waals surface area contributed by atoms with Crippen LogP contribution in [0, 0.1) is 0 Å². The van der Waals surface area contributed by atoms with Crippen LogP contribution in [-0.4, -0.2) is 24.1 Å². The minimum atomic E-state index is 0.0688. The van der Waals surface area contributed by atoms with Gasteiger partial charge in [-0.1, -0.05) is 74.4 Å². The van der Waals surface area contributed by atoms with Gasteiger partial charge in [-0.2, -0.15) is 0 Å². The molecule has 12 unspecified atom stereocenters. The Hall–Kier alpha value is 6.20. The van der Waals surface area contributed by atoms with E-state index < -0.39 is 0 Å². The first kappa shape index (κ1) is 48.2. The third kappa shape index (κ3) is 17.6. The van der Waals surface area contributed by atoms with Crippen LogP contribution in [0.3, 0.4) is 0 Å². The number of rotatable bonds is 8. The van der Waals surface area contributed by atoms with E-state index in [0.717, 1.165) is 43.6 Å². The SMILES string of the molecule is CCC.CN(C)c1nc2ccc(Cl)cc2s1.Clc1ccc2nc(Cl)sc2c1.PPP(P(P)P)P(P(P)P)P(P(P)P)P(P)P. The summed E-state index contributed by atoms with van der Waals surface area (Å²) >= 11 is 20.4. The zero-order valence-corrected chi connectivity index (χ0v) is 45.8. The summed E-state index contributed by atoms with van der Waals surface area (Å²) in [5, 5.41) is 2.50. The van der Waals surface area contributed by atoms with Gasteiger partial charge in [0.2, 0.25) is 0 Å². The molecule has 44 heavy (non-hydrogen) atoms. The Kier molecular flexibility index (Phi) is 28.6. The van der Waals surface area contributed by atoms with Gasteiger partial charge in [0.25, 0.3) is 0 Å². The van der Waals surface area contributed by atoms with Crippen molar-refractivity contribution < 1.29 is 0 Å². The highest BCUT2D eigenvalue weighted by molar-refractivity contribution is 9.31. The summed E-state index contributed by atoms with van der Waals surface area (Å²) in [6, 6.07) is 11.3. The quantitative estimate of drug-likeness (QED) is 0.165. The zero-order chi connectivity index (χ0) is 33.7. The standard InChI is InChI=1S/C9H9ClN2S.C7H3Cl2NS.C3H8.H19P17/c1-12(2)9-11-7-4-3-6(10)5-8(7)13-9;8-4-1-2-5-6(3-4)11-7(9)10-5;1-3-2;1-10-15(11(2)3)17(14(8)9)16(12(4)5)13(6)7/h3-5H,1-2H3;1-3H;3H2,1-2H3;10H,1-9H2. The van der Waals surface area contributed by atoms with Gasteiger partial charge in [0, 0.05) is 24.1 Å². The number of hydrogen-bond donors (Lipinski definition) is 0. The van der Waals surface area contributed by atoms with Crippen LogP contribution in [-0.2, 0) is 0 Å². The average Bonchev–Trinajstić information content (AvgIpc) is 3.51. The Morgan fingerprint density at radius 1 is 0.705 bits per heavy atom. The lowest BCUT2D eigenvalue weighted by Crippen LogP contribution is -2.07. The Morgan fingerprint density at radius 2 is 1.14 bits per heavy atom. The Balaban J connectivity index is 0.000000320. The van der Waals surface area contributed by atoms with Gasteiger partial charge < -0.3 is 4.90 Å². The molecule has 248 valence electrons. The van der Waals surface area contributed by atoms with Gasteiger partial charge in [0.1, 0.15) is 0 Å². The fourth-order valence-electron chi connectivity index (χ4n) is 2.73. The second-order valence-electron chi connectivity index (χ2n) is 8.26. The van der Waals surface area contributed by atoms with Crippen molar-refractivity contribution in [3.63, 3.8) is 0 Å². The van der Waals surface area contributed by atoms with Crippen LogP contribution in [0.4, 0.5) is 5.13 Å². The van der Waals surface area contributed by atoms with E-state index in [1.54, 1.807) is 17.4 Å². The molecule has 3 nitrogen and oxygen atoms in total. The Morgan fingerprint density at radius 3 is 1.52 bits per heavy atom. The molecular weight excluding hydrogens is 967 g/mol. The average molecular weight is 1010 g/mol. The van der Waals surface area contributed by atoms with Crippen LogP contribution in [0.15, 0.2) is 36.4 Å². The van der Waals surface area contributed by atoms with Gasteiger partial charge in [0.05, 0.1) is 20.4 Å². The topological polar surface area (TPSA) is 29.0 Å². The fourth-order valence-corrected chi connectivity index (χ4v) is 194. The normalized spacial score (nSPS) is 12.9. The van der Waals surface area contributed by atoms with Gasteiger partial charge in [-0.15, -0.1) is 91.7 Å². The predicted octanol–water partition coefficient (Wildman–Crippen LogP) is 17.6. The first-order valence-corrected chi connectivity index (χ1v) is 45.1. The van der Waals surface area contributed by atoms with Crippen LogP contribution >= 0.6 is 195 Å². The van der Waals surface area contributed by atoms with E-state index in [2.05, 4.69) is 104 Å². The van der Waals surface area contributed by atoms with Gasteiger partial charge >= 0.3 is 0 Å². The molecule has 0 N–H and O–H groups in total. The lowest BCUT2D eigenvalue weighted by molar-refractivity contribution is 1.09. The molecule has 0 amide bonds. The highest BCUT2D eigenvalue weighted by Crippen LogP contribution is 3.25. The fraction of sp³-hybridized carbons (Fsp3) is 0.263. The second-order valence-corrected chi connectivity index (χ2v) is 76.1. The van der Waals surface area contributed by atoms with Crippen LogP contribution in [0.5, 0.6) is 0 Å². The molecule has 4 aromatic rings. The van der Waals surface area contributed by atoms with Crippen molar-refractivity contribution in [2.45, 2.75) is 20.3 Å². The molecule has 0 saturated heterocycles. The maximum atomic E-state index is 5.87. The minimum Gasteiger partial charge on any atom is -0.354 e. The molecule has 0 aliphatic rings. The number of benzene rings is 2. The van der Waals surface area contributed by atoms with Gasteiger partial charge in [0.15, 0.2) is 9.60 Å². The molecule has 4 rings (SSSR count). The number of aromatic nitrogens is 2. The maximum Gasteiger partial charge on any atom is 0.185 e. The molecule has 2 aromatic carbocycles. The maximum absolute atomic E-state index is 5.87. The first-order chi connectivity index (χ1) is 20.6. The molecule has 2 heterocycles. The van der Waals surface area contributed by atoms with Crippen molar-refractivity contribution in [2.24, 2.45) is 0 Å². The summed E-state index contributed by atoms with van der Waals surface area (Å²) < 4.78 is 2.72. The second kappa shape index (κ2) is 26.1. The number of hydrogen-bond acceptors (Lipinski definition) is 5. The molecule has 25 heteroatoms. The van der Waals surface area contributed by atoms with E-state index in [4.69, 9.17) is 34.8 Å². The Bertz CT molecular complexity index is 1390. The predicted molar refractivity (Wildman–Crippen MR) is 269 cm³/mol. The summed E-state index contributed by atoms with van der Waals surface area (Å²) in [5.41, 5.74) is 1.92. The summed E-state index contributed by atoms with van der Waals surface area (Å²) in [7, 11) is 33.0. The molecule has 2 aromatic heterocycles. The summed E-state index contributed by atoms with van der Waals surface area (Å²) in [6.07, 6.45) is 1.25. The summed E-state index contributed by atoms with van der Waals surface area (Å²) in [6.45, 7) is 5.16. The van der Waals surface area contributed by atoms with Crippen molar-refractivity contribution in [1.29, 1.82) is 0 Å². The Labute approximate surface area is 317 Å². The highest BCUT2D eigenvalue weighted by atomic mass is 35.5. The molecule has 0 aliphatic heterocycles. The zero-order valence-electron chi connectivity index (χ0n) is 24.3. The molecule has 0 spiro atoms. The third-order valence-corrected chi connectivity index (χ3v) is 110. The van der Waals surface area contributed by atoms with Crippen LogP contribution in [0.1, 0.15) is 20.3 Å². The number of nitrogens with zero attached hydrogens (tertiary/aromatic N) is 3. The van der Waals surface area contributed by atoms with Crippen LogP contribution in [0.2, 0.25) is 14.5 Å². The minimum absolute atomic E-state index is 0.0688. The van der Waals surface area contributed by atoms with Crippen molar-refractivity contribution in [3.05, 3.63) is 50.9 Å². The molecule has 0 saturated carbocycles. The van der Waals surface area contributed by atoms with Crippen LogP contribution < -0.4 is 4.90 Å². The molecule has 12 atom stereocenters. The van der Waals surface area contributed by atoms with E-state index in [-0.39, 0.29) is 48.9 Å². The molecule has 0 radical (unpaired) electrons. The van der Waals surface area contributed by atoms with E-state index in [1.807, 2.05) is 49.3 Å². The number of anilines is 1. The number of fused-ring (bicyclic) bond motifs is 2. The first-order valence-electron chi connectivity index (χ1n) is 12.1. The molecule has 0 fully saturated rings. The van der Waals surface area contributed by atoms with Gasteiger partial charge in [-0.25, -0.2) is 9.97 Å². The van der Waals surface area contributed by atoms with E-state index in [0.29, 0.717) is 4.47 Å².